The summed E-state index contributed by atoms with van der Waals surface area (Å²) in [4.78, 5) is 58.4. The molecule has 15 heteroatoms. The van der Waals surface area contributed by atoms with Crippen LogP contribution in [0.2, 0.25) is 0 Å². The quantitative estimate of drug-likeness (QED) is 0.0387. The third kappa shape index (κ3) is 12.9. The van der Waals surface area contributed by atoms with Crippen molar-refractivity contribution in [1.29, 1.82) is 0 Å². The van der Waals surface area contributed by atoms with E-state index in [1.165, 1.54) is 39.3 Å². The predicted molar refractivity (Wildman–Crippen MR) is 277 cm³/mol. The first-order valence-electron chi connectivity index (χ1n) is 26.0. The number of hydrogen-bond donors (Lipinski definition) is 7. The maximum Gasteiger partial charge on any atom is 0.326 e. The predicted octanol–water partition coefficient (Wildman–Crippen LogP) is 8.61. The van der Waals surface area contributed by atoms with Crippen LogP contribution in [0, 0.1) is 0 Å². The molecule has 2 aromatic carbocycles. The third-order valence-corrected chi connectivity index (χ3v) is 15.1. The Hall–Kier alpha value is -5.64. The molecule has 4 heterocycles. The molecule has 0 spiro atoms. The first-order chi connectivity index (χ1) is 34.1. The number of aliphatic hydroxyl groups is 2. The van der Waals surface area contributed by atoms with E-state index in [4.69, 9.17) is 15.2 Å². The van der Waals surface area contributed by atoms with Crippen molar-refractivity contribution >= 4 is 23.7 Å². The molecule has 0 unspecified atom stereocenters. The lowest BCUT2D eigenvalue weighted by Gasteiger charge is -2.41. The average Bonchev–Trinajstić information content (AvgIpc) is 3.80. The van der Waals surface area contributed by atoms with Crippen molar-refractivity contribution in [2.75, 3.05) is 13.1 Å². The van der Waals surface area contributed by atoms with Gasteiger partial charge < -0.3 is 55.9 Å². The van der Waals surface area contributed by atoms with Crippen molar-refractivity contribution in [3.8, 4) is 23.0 Å². The Bertz CT molecular complexity index is 2490. The molecule has 6 atom stereocenters. The number of amides is 3. The Balaban J connectivity index is 1.20. The molecule has 0 aromatic heterocycles. The number of ether oxygens (including phenoxy) is 2. The topological polar surface area (TPSA) is 232 Å². The van der Waals surface area contributed by atoms with Crippen LogP contribution in [0.4, 0.5) is 0 Å². The number of allylic oxidation sites excluding steroid dienone is 8. The number of aromatic hydroxyl groups is 2. The summed E-state index contributed by atoms with van der Waals surface area (Å²) in [7, 11) is 0. The lowest BCUT2D eigenvalue weighted by Crippen LogP contribution is -2.52. The lowest BCUT2D eigenvalue weighted by molar-refractivity contribution is -0.142. The first-order valence-corrected chi connectivity index (χ1v) is 26.0. The van der Waals surface area contributed by atoms with Gasteiger partial charge in [-0.25, -0.2) is 4.79 Å². The van der Waals surface area contributed by atoms with Crippen LogP contribution < -0.4 is 20.5 Å². The Morgan fingerprint density at radius 3 is 1.71 bits per heavy atom. The van der Waals surface area contributed by atoms with E-state index >= 15 is 0 Å². The monoisotopic (exact) mass is 997 g/mol. The zero-order valence-corrected chi connectivity index (χ0v) is 43.9. The van der Waals surface area contributed by atoms with E-state index in [2.05, 4.69) is 71.2 Å². The normalized spacial score (nSPS) is 22.3. The number of fused-ring (bicyclic) bond motifs is 6. The third-order valence-electron chi connectivity index (χ3n) is 15.1. The van der Waals surface area contributed by atoms with Gasteiger partial charge >= 0.3 is 5.97 Å². The number of aliphatic hydroxyl groups excluding tert-OH is 2. The van der Waals surface area contributed by atoms with E-state index in [1.54, 1.807) is 4.90 Å². The maximum absolute atomic E-state index is 14.5. The summed E-state index contributed by atoms with van der Waals surface area (Å²) in [6.07, 6.45) is 14.5. The van der Waals surface area contributed by atoms with E-state index in [9.17, 15) is 44.7 Å². The number of nitrogens with zero attached hydrogens (tertiary/aromatic N) is 2. The Labute approximate surface area is 425 Å². The molecule has 0 fully saturated rings. The van der Waals surface area contributed by atoms with Crippen LogP contribution in [-0.2, 0) is 35.5 Å². The Morgan fingerprint density at radius 2 is 1.22 bits per heavy atom. The van der Waals surface area contributed by atoms with Gasteiger partial charge in [0, 0.05) is 41.6 Å². The van der Waals surface area contributed by atoms with Crippen LogP contribution in [0.3, 0.4) is 0 Å². The van der Waals surface area contributed by atoms with Crippen LogP contribution in [0.5, 0.6) is 23.0 Å². The summed E-state index contributed by atoms with van der Waals surface area (Å²) < 4.78 is 13.2. The van der Waals surface area contributed by atoms with Gasteiger partial charge in [0.05, 0.1) is 36.4 Å². The highest BCUT2D eigenvalue weighted by Crippen LogP contribution is 2.48. The van der Waals surface area contributed by atoms with Crippen molar-refractivity contribution < 1.29 is 54.2 Å². The van der Waals surface area contributed by atoms with Crippen LogP contribution >= 0.6 is 0 Å². The van der Waals surface area contributed by atoms with Gasteiger partial charge in [0.25, 0.3) is 11.8 Å². The maximum atomic E-state index is 14.5. The first kappa shape index (κ1) is 55.7. The lowest BCUT2D eigenvalue weighted by atomic mass is 9.84. The number of carbonyl (C=O) groups is 4. The molecule has 72 heavy (non-hydrogen) atoms. The fourth-order valence-corrected chi connectivity index (χ4v) is 10.4. The number of nitrogens with two attached hydrogens (primary N) is 1. The van der Waals surface area contributed by atoms with Gasteiger partial charge in [0.2, 0.25) is 5.91 Å². The molecule has 0 saturated heterocycles. The molecular formula is C57H80N4O11. The second-order valence-electron chi connectivity index (χ2n) is 21.5. The number of rotatable bonds is 24. The van der Waals surface area contributed by atoms with Gasteiger partial charge in [0.15, 0.2) is 0 Å². The number of carboxylic acid groups (broad SMARTS) is 1. The van der Waals surface area contributed by atoms with Gasteiger partial charge in [-0.1, -0.05) is 46.6 Å². The summed E-state index contributed by atoms with van der Waals surface area (Å²) in [6, 6.07) is 0.340. The number of aliphatic carboxylic acids is 1. The number of hydrogen-bond acceptors (Lipinski definition) is 11. The van der Waals surface area contributed by atoms with Gasteiger partial charge in [-0.2, -0.15) is 0 Å². The largest absolute Gasteiger partial charge is 0.508 e. The minimum absolute atomic E-state index is 0.0387. The minimum Gasteiger partial charge on any atom is -0.508 e. The number of carboxylic acids is 1. The van der Waals surface area contributed by atoms with Gasteiger partial charge in [-0.15, -0.1) is 0 Å². The highest BCUT2D eigenvalue weighted by molar-refractivity contribution is 6.03. The van der Waals surface area contributed by atoms with Crippen molar-refractivity contribution in [1.82, 2.24) is 15.1 Å². The molecule has 2 aromatic rings. The Kier molecular flexibility index (Phi) is 18.5. The summed E-state index contributed by atoms with van der Waals surface area (Å²) in [5, 5.41) is 58.1. The smallest absolute Gasteiger partial charge is 0.326 e. The fraction of sp³-hybridized carbons (Fsp3) is 0.579. The van der Waals surface area contributed by atoms with E-state index in [0.717, 1.165) is 25.7 Å². The summed E-state index contributed by atoms with van der Waals surface area (Å²) in [5.74, 6) is -2.45. The van der Waals surface area contributed by atoms with Crippen LogP contribution in [0.15, 0.2) is 58.7 Å². The zero-order chi connectivity index (χ0) is 52.7. The summed E-state index contributed by atoms with van der Waals surface area (Å²) >= 11 is 0. The molecule has 3 amide bonds. The molecule has 394 valence electrons. The second kappa shape index (κ2) is 23.9. The van der Waals surface area contributed by atoms with Crippen molar-refractivity contribution in [2.45, 2.75) is 200 Å². The molecule has 4 aliphatic rings. The van der Waals surface area contributed by atoms with E-state index in [-0.39, 0.29) is 80.3 Å². The average molecular weight is 997 g/mol. The number of carbonyl (C=O) groups excluding carboxylic acids is 3. The molecular weight excluding hydrogens is 917 g/mol. The zero-order valence-electron chi connectivity index (χ0n) is 43.9. The van der Waals surface area contributed by atoms with E-state index < -0.39 is 53.3 Å². The molecule has 6 rings (SSSR count). The standard InChI is InChI=1S/C57H80N4O11/c1-34(2)16-11-18-36(5)20-13-24-56(7)48(64)30-40-46(62)28-38-42(50(40)71-56)32-60(53(38)67)27-15-23-45(52(66)59-44(55(69)70)22-9-10-26-58)61-33-43-39(54(61)68)29-47(63)41-31-49(65)57(8,72-51(41)43)25-14-21-37(6)19-12-17-35(3)4/h16-17,20-21,28-29,44-45,48-49,62-65H,9-15,18-19,22-27,30-33,58H2,1-8H3,(H,59,66)(H,69,70)/b36-20+,37-21+/t44-,45-,48-,49-,56+,57+/m0/s1. The second-order valence-corrected chi connectivity index (χ2v) is 21.5. The van der Waals surface area contributed by atoms with E-state index in [0.29, 0.717) is 78.8 Å². The van der Waals surface area contributed by atoms with Crippen LogP contribution in [0.1, 0.15) is 182 Å². The molecule has 0 aliphatic carbocycles. The number of benzene rings is 2. The highest BCUT2D eigenvalue weighted by Gasteiger charge is 2.47. The number of unbranched alkanes of at least 4 members (excludes halogenated alkanes) is 1. The summed E-state index contributed by atoms with van der Waals surface area (Å²) in [5.41, 5.74) is 11.0. The number of phenols is 2. The van der Waals surface area contributed by atoms with Crippen LogP contribution in [0.25, 0.3) is 0 Å². The molecule has 4 aliphatic heterocycles. The SMILES string of the molecule is CC(C)=CCC/C(C)=C/CC[C@@]1(C)Oc2c(c(O)cc3c2CN(CCC[C@@H](C(=O)N[C@@H](CCCCN)C(=O)O)N2Cc4c(cc(O)c5c4O[C@](C)(CC/C=C(\C)CCC=C(C)C)[C@@H](O)C5)C2=O)C3=O)C[C@@H]1O. The molecule has 0 bridgehead atoms. The highest BCUT2D eigenvalue weighted by atomic mass is 16.5. The van der Waals surface area contributed by atoms with Crippen LogP contribution in [-0.4, -0.2) is 108 Å². The van der Waals surface area contributed by atoms with Gasteiger partial charge in [0.1, 0.15) is 46.3 Å². The Morgan fingerprint density at radius 1 is 0.722 bits per heavy atom. The van der Waals surface area contributed by atoms with Crippen molar-refractivity contribution in [3.05, 3.63) is 92.1 Å². The molecule has 8 N–H and O–H groups in total. The number of phenolic OH excluding ortho intramolecular Hbond substituents is 2. The fourth-order valence-electron chi connectivity index (χ4n) is 10.4. The molecule has 15 nitrogen and oxygen atoms in total. The van der Waals surface area contributed by atoms with Crippen molar-refractivity contribution in [2.24, 2.45) is 5.73 Å². The van der Waals surface area contributed by atoms with E-state index in [1.807, 2.05) is 13.8 Å². The minimum atomic E-state index is -1.25. The van der Waals surface area contributed by atoms with Gasteiger partial charge in [-0.3, -0.25) is 14.4 Å². The molecule has 0 radical (unpaired) electrons. The summed E-state index contributed by atoms with van der Waals surface area (Å²) in [6.45, 7) is 16.7. The van der Waals surface area contributed by atoms with Crippen molar-refractivity contribution in [3.63, 3.8) is 0 Å². The number of nitrogens with one attached hydrogen (secondary N) is 1. The van der Waals surface area contributed by atoms with Gasteiger partial charge in [-0.05, 0) is 158 Å². The molecule has 0 saturated carbocycles.